The van der Waals surface area contributed by atoms with Crippen molar-refractivity contribution >= 4 is 87.2 Å². The van der Waals surface area contributed by atoms with Crippen molar-refractivity contribution in [3.63, 3.8) is 0 Å². The summed E-state index contributed by atoms with van der Waals surface area (Å²) in [5, 5.41) is 11.8. The average Bonchev–Trinajstić information content (AvgIpc) is 2.74. The van der Waals surface area contributed by atoms with E-state index in [4.69, 9.17) is 69.6 Å². The Morgan fingerprint density at radius 2 is 1.58 bits per heavy atom. The highest BCUT2D eigenvalue weighted by molar-refractivity contribution is 6.66. The second-order valence-corrected chi connectivity index (χ2v) is 9.55. The predicted molar refractivity (Wildman–Crippen MR) is 105 cm³/mol. The first-order valence-electron chi connectivity index (χ1n) is 7.33. The number of carbonyl (C=O) groups is 2. The molecule has 0 heterocycles. The lowest BCUT2D eigenvalue weighted by atomic mass is 9.81. The SMILES string of the molecule is Cc1cccc(NC(=O)[C@H]2[C@H](C(=O)O)[C@@]3(Cl)C(Cl)=C(Cl)[C@@]2(Cl)C3(Cl)Cl)c1. The van der Waals surface area contributed by atoms with Gasteiger partial charge in [0, 0.05) is 5.69 Å². The number of fused-ring (bicyclic) bond motifs is 2. The summed E-state index contributed by atoms with van der Waals surface area (Å²) in [5.41, 5.74) is 1.34. The van der Waals surface area contributed by atoms with Gasteiger partial charge >= 0.3 is 5.97 Å². The van der Waals surface area contributed by atoms with Crippen LogP contribution in [0.15, 0.2) is 34.3 Å². The number of benzene rings is 1. The van der Waals surface area contributed by atoms with E-state index < -0.39 is 37.8 Å². The maximum absolute atomic E-state index is 13.0. The van der Waals surface area contributed by atoms with Crippen molar-refractivity contribution in [2.24, 2.45) is 11.8 Å². The molecule has 2 aliphatic carbocycles. The Labute approximate surface area is 179 Å². The minimum absolute atomic E-state index is 0.234. The summed E-state index contributed by atoms with van der Waals surface area (Å²) in [6, 6.07) is 6.92. The lowest BCUT2D eigenvalue weighted by Crippen LogP contribution is -2.47. The first-order chi connectivity index (χ1) is 11.9. The van der Waals surface area contributed by atoms with Crippen LogP contribution in [0.3, 0.4) is 0 Å². The fraction of sp³-hybridized carbons (Fsp3) is 0.375. The van der Waals surface area contributed by atoms with Gasteiger partial charge in [-0.15, -0.1) is 23.2 Å². The number of aliphatic carboxylic acids is 1. The molecule has 1 saturated carbocycles. The van der Waals surface area contributed by atoms with Gasteiger partial charge in [0.15, 0.2) is 4.33 Å². The molecule has 4 nitrogen and oxygen atoms in total. The van der Waals surface area contributed by atoms with Crippen LogP contribution < -0.4 is 5.32 Å². The topological polar surface area (TPSA) is 66.4 Å². The van der Waals surface area contributed by atoms with Crippen LogP contribution in [-0.2, 0) is 9.59 Å². The van der Waals surface area contributed by atoms with Crippen LogP contribution in [0.4, 0.5) is 5.69 Å². The molecule has 26 heavy (non-hydrogen) atoms. The number of allylic oxidation sites excluding steroid dienone is 2. The fourth-order valence-electron chi connectivity index (χ4n) is 3.57. The lowest BCUT2D eigenvalue weighted by molar-refractivity contribution is -0.146. The van der Waals surface area contributed by atoms with Gasteiger partial charge < -0.3 is 10.4 Å². The Balaban J connectivity index is 2.11. The number of carbonyl (C=O) groups excluding carboxylic acids is 1. The van der Waals surface area contributed by atoms with Crippen molar-refractivity contribution < 1.29 is 14.7 Å². The van der Waals surface area contributed by atoms with Crippen LogP contribution in [0.2, 0.25) is 0 Å². The van der Waals surface area contributed by atoms with Crippen LogP contribution in [0.1, 0.15) is 5.56 Å². The molecule has 0 radical (unpaired) electrons. The minimum Gasteiger partial charge on any atom is -0.481 e. The lowest BCUT2D eigenvalue weighted by Gasteiger charge is -2.33. The number of hydrogen-bond acceptors (Lipinski definition) is 2. The third-order valence-corrected chi connectivity index (χ3v) is 9.03. The molecule has 3 rings (SSSR count). The van der Waals surface area contributed by atoms with Gasteiger partial charge in [0.05, 0.1) is 21.9 Å². The monoisotopic (exact) mass is 475 g/mol. The van der Waals surface area contributed by atoms with Crippen molar-refractivity contribution in [3.8, 4) is 0 Å². The molecule has 0 aliphatic heterocycles. The smallest absolute Gasteiger partial charge is 0.309 e. The van der Waals surface area contributed by atoms with E-state index in [0.29, 0.717) is 5.69 Å². The zero-order chi connectivity index (χ0) is 19.7. The van der Waals surface area contributed by atoms with E-state index in [1.807, 2.05) is 13.0 Å². The number of aryl methyl sites for hydroxylation is 1. The molecular weight excluding hydrogens is 467 g/mol. The summed E-state index contributed by atoms with van der Waals surface area (Å²) in [6.45, 7) is 1.84. The standard InChI is InChI=1S/C16H11Cl6NO3/c1-6-3-2-4-7(5-6)23-12(24)8-9(13(25)26)15(20)11(18)10(17)14(8,19)16(15,21)22/h2-5,8-9H,1H3,(H,23,24)(H,25,26)/t8-,9-,14-,15-/m1/s1. The Kier molecular flexibility index (Phi) is 4.96. The molecular formula is C16H11Cl6NO3. The summed E-state index contributed by atoms with van der Waals surface area (Å²) in [4.78, 5) is 20.9. The van der Waals surface area contributed by atoms with Gasteiger partial charge in [-0.3, -0.25) is 9.59 Å². The molecule has 1 amide bonds. The molecule has 4 atom stereocenters. The Bertz CT molecular complexity index is 856. The molecule has 1 aromatic carbocycles. The van der Waals surface area contributed by atoms with Gasteiger partial charge in [-0.1, -0.05) is 58.5 Å². The van der Waals surface area contributed by atoms with Crippen molar-refractivity contribution in [2.45, 2.75) is 21.0 Å². The second kappa shape index (κ2) is 6.33. The maximum Gasteiger partial charge on any atom is 0.309 e. The number of halogens is 6. The van der Waals surface area contributed by atoms with Crippen LogP contribution in [0, 0.1) is 18.8 Å². The van der Waals surface area contributed by atoms with E-state index >= 15 is 0 Å². The highest BCUT2D eigenvalue weighted by Gasteiger charge is 2.85. The summed E-state index contributed by atoms with van der Waals surface area (Å²) in [7, 11) is 0. The van der Waals surface area contributed by atoms with Crippen molar-refractivity contribution in [1.29, 1.82) is 0 Å². The average molecular weight is 478 g/mol. The molecule has 0 unspecified atom stereocenters. The Morgan fingerprint density at radius 3 is 2.08 bits per heavy atom. The number of nitrogens with one attached hydrogen (secondary N) is 1. The van der Waals surface area contributed by atoms with E-state index in [2.05, 4.69) is 5.32 Å². The van der Waals surface area contributed by atoms with Crippen LogP contribution in [0.25, 0.3) is 0 Å². The van der Waals surface area contributed by atoms with Gasteiger partial charge in [0.2, 0.25) is 5.91 Å². The van der Waals surface area contributed by atoms with Crippen LogP contribution in [-0.4, -0.2) is 31.1 Å². The molecule has 0 aromatic heterocycles. The number of anilines is 1. The first-order valence-corrected chi connectivity index (χ1v) is 9.59. The normalized spacial score (nSPS) is 34.9. The van der Waals surface area contributed by atoms with E-state index in [1.54, 1.807) is 18.2 Å². The van der Waals surface area contributed by atoms with Crippen LogP contribution in [0.5, 0.6) is 0 Å². The van der Waals surface area contributed by atoms with Gasteiger partial charge in [0.1, 0.15) is 9.75 Å². The van der Waals surface area contributed by atoms with E-state index in [1.165, 1.54) is 0 Å². The van der Waals surface area contributed by atoms with E-state index in [9.17, 15) is 14.7 Å². The zero-order valence-electron chi connectivity index (χ0n) is 13.0. The first kappa shape index (κ1) is 20.4. The maximum atomic E-state index is 13.0. The highest BCUT2D eigenvalue weighted by Crippen LogP contribution is 2.76. The third kappa shape index (κ3) is 2.36. The van der Waals surface area contributed by atoms with Gasteiger partial charge in [-0.2, -0.15) is 0 Å². The summed E-state index contributed by atoms with van der Waals surface area (Å²) < 4.78 is -2.12. The molecule has 140 valence electrons. The van der Waals surface area contributed by atoms with Crippen molar-refractivity contribution in [2.75, 3.05) is 5.32 Å². The number of carboxylic acid groups (broad SMARTS) is 1. The molecule has 2 N–H and O–H groups in total. The number of carboxylic acids is 1. The summed E-state index contributed by atoms with van der Waals surface area (Å²) in [6.07, 6.45) is 0. The molecule has 10 heteroatoms. The second-order valence-electron chi connectivity index (χ2n) is 6.28. The molecule has 2 aliphatic rings. The Hall–Kier alpha value is -0.360. The minimum atomic E-state index is -2.12. The van der Waals surface area contributed by atoms with Gasteiger partial charge in [0.25, 0.3) is 0 Å². The van der Waals surface area contributed by atoms with Gasteiger partial charge in [-0.25, -0.2) is 0 Å². The molecule has 1 fully saturated rings. The number of hydrogen-bond donors (Lipinski definition) is 2. The van der Waals surface area contributed by atoms with Crippen molar-refractivity contribution in [1.82, 2.24) is 0 Å². The largest absolute Gasteiger partial charge is 0.481 e. The number of alkyl halides is 4. The summed E-state index contributed by atoms with van der Waals surface area (Å²) >= 11 is 38.1. The quantitative estimate of drug-likeness (QED) is 0.595. The third-order valence-electron chi connectivity index (χ3n) is 4.77. The van der Waals surface area contributed by atoms with Gasteiger partial charge in [-0.05, 0) is 24.6 Å². The molecule has 0 spiro atoms. The van der Waals surface area contributed by atoms with Crippen molar-refractivity contribution in [3.05, 3.63) is 39.9 Å². The van der Waals surface area contributed by atoms with E-state index in [0.717, 1.165) is 5.56 Å². The van der Waals surface area contributed by atoms with E-state index in [-0.39, 0.29) is 10.1 Å². The molecule has 0 saturated heterocycles. The van der Waals surface area contributed by atoms with Crippen LogP contribution >= 0.6 is 69.6 Å². The number of amides is 1. The highest BCUT2D eigenvalue weighted by atomic mass is 35.5. The zero-order valence-corrected chi connectivity index (χ0v) is 17.5. The molecule has 2 bridgehead atoms. The summed E-state index contributed by atoms with van der Waals surface area (Å²) in [5.74, 6) is -5.19. The molecule has 1 aromatic rings. The Morgan fingerprint density at radius 1 is 1.04 bits per heavy atom. The fourth-order valence-corrected chi connectivity index (χ4v) is 6.51. The predicted octanol–water partition coefficient (Wildman–Crippen LogP) is 5.10. The number of rotatable bonds is 3.